The molecule has 1 aromatic carbocycles. The molecule has 0 radical (unpaired) electrons. The molecule has 0 aliphatic heterocycles. The summed E-state index contributed by atoms with van der Waals surface area (Å²) in [5, 5.41) is 9.03. The van der Waals surface area contributed by atoms with Crippen molar-refractivity contribution in [2.24, 2.45) is 0 Å². The van der Waals surface area contributed by atoms with Crippen LogP contribution in [0.25, 0.3) is 11.3 Å². The van der Waals surface area contributed by atoms with Crippen molar-refractivity contribution in [1.29, 1.82) is 0 Å². The largest absolute Gasteiger partial charge is 0.418 e. The molecule has 2 nitrogen and oxygen atoms in total. The van der Waals surface area contributed by atoms with Crippen molar-refractivity contribution in [2.45, 2.75) is 12.8 Å². The van der Waals surface area contributed by atoms with Crippen molar-refractivity contribution in [3.05, 3.63) is 53.7 Å². The first-order valence-corrected chi connectivity index (χ1v) is 5.25. The van der Waals surface area contributed by atoms with Gasteiger partial charge in [-0.1, -0.05) is 30.3 Å². The summed E-state index contributed by atoms with van der Waals surface area (Å²) in [4.78, 5) is 3.79. The second kappa shape index (κ2) is 4.78. The van der Waals surface area contributed by atoms with E-state index in [1.165, 1.54) is 12.3 Å². The second-order valence-electron chi connectivity index (χ2n) is 3.72. The lowest BCUT2D eigenvalue weighted by atomic mass is 10.0. The third kappa shape index (κ3) is 2.36. The van der Waals surface area contributed by atoms with Crippen LogP contribution in [0.5, 0.6) is 0 Å². The van der Waals surface area contributed by atoms with Crippen molar-refractivity contribution >= 4 is 0 Å². The van der Waals surface area contributed by atoms with Crippen LogP contribution >= 0.6 is 0 Å². The average molecular weight is 253 g/mol. The molecule has 0 bridgehead atoms. The normalized spacial score (nSPS) is 11.6. The van der Waals surface area contributed by atoms with E-state index in [2.05, 4.69) is 4.98 Å². The van der Waals surface area contributed by atoms with Gasteiger partial charge < -0.3 is 5.11 Å². The van der Waals surface area contributed by atoms with Crippen LogP contribution in [-0.4, -0.2) is 10.1 Å². The van der Waals surface area contributed by atoms with Crippen LogP contribution in [0, 0.1) is 0 Å². The zero-order valence-corrected chi connectivity index (χ0v) is 9.28. The van der Waals surface area contributed by atoms with Gasteiger partial charge in [-0.15, -0.1) is 0 Å². The molecule has 2 aromatic rings. The number of nitrogens with zero attached hydrogens (tertiary/aromatic N) is 1. The maximum absolute atomic E-state index is 13.0. The first kappa shape index (κ1) is 12.6. The summed E-state index contributed by atoms with van der Waals surface area (Å²) in [5.74, 6) is 0. The molecule has 0 saturated carbocycles. The Bertz CT molecular complexity index is 538. The van der Waals surface area contributed by atoms with Crippen LogP contribution in [0.4, 0.5) is 13.2 Å². The molecule has 1 heterocycles. The quantitative estimate of drug-likeness (QED) is 0.891. The van der Waals surface area contributed by atoms with Gasteiger partial charge in [-0.3, -0.25) is 4.98 Å². The van der Waals surface area contributed by atoms with E-state index in [-0.39, 0.29) is 11.3 Å². The Kier molecular flexibility index (Phi) is 3.34. The molecule has 0 spiro atoms. The van der Waals surface area contributed by atoms with Crippen molar-refractivity contribution in [2.75, 3.05) is 0 Å². The maximum atomic E-state index is 13.0. The molecular weight excluding hydrogens is 243 g/mol. The van der Waals surface area contributed by atoms with E-state index in [0.717, 1.165) is 0 Å². The van der Waals surface area contributed by atoms with Gasteiger partial charge in [0.1, 0.15) is 0 Å². The fourth-order valence-electron chi connectivity index (χ4n) is 1.76. The minimum atomic E-state index is -4.54. The summed E-state index contributed by atoms with van der Waals surface area (Å²) in [5.41, 5.74) is -0.829. The molecule has 2 rings (SSSR count). The fourth-order valence-corrected chi connectivity index (χ4v) is 1.76. The number of aliphatic hydroxyl groups is 1. The molecule has 0 aliphatic rings. The van der Waals surface area contributed by atoms with Crippen LogP contribution in [-0.2, 0) is 12.8 Å². The third-order valence-electron chi connectivity index (χ3n) is 2.54. The van der Waals surface area contributed by atoms with Gasteiger partial charge in [0.25, 0.3) is 0 Å². The van der Waals surface area contributed by atoms with E-state index in [0.29, 0.717) is 5.56 Å². The zero-order chi connectivity index (χ0) is 13.2. The SMILES string of the molecule is OCc1ccnc(-c2ccccc2)c1C(F)(F)F. The van der Waals surface area contributed by atoms with Gasteiger partial charge in [0, 0.05) is 11.8 Å². The minimum absolute atomic E-state index is 0.158. The Morgan fingerprint density at radius 3 is 2.28 bits per heavy atom. The maximum Gasteiger partial charge on any atom is 0.418 e. The third-order valence-corrected chi connectivity index (χ3v) is 2.54. The number of hydrogen-bond acceptors (Lipinski definition) is 2. The van der Waals surface area contributed by atoms with E-state index in [9.17, 15) is 13.2 Å². The number of halogens is 3. The Morgan fingerprint density at radius 2 is 1.72 bits per heavy atom. The molecular formula is C13H10F3NO. The summed E-state index contributed by atoms with van der Waals surface area (Å²) in [6.07, 6.45) is -3.28. The Hall–Kier alpha value is -1.88. The predicted molar refractivity (Wildman–Crippen MR) is 60.6 cm³/mol. The first-order chi connectivity index (χ1) is 8.54. The standard InChI is InChI=1S/C13H10F3NO/c14-13(15,16)11-10(8-18)6-7-17-12(11)9-4-2-1-3-5-9/h1-7,18H,8H2. The highest BCUT2D eigenvalue weighted by atomic mass is 19.4. The Morgan fingerprint density at radius 1 is 1.06 bits per heavy atom. The topological polar surface area (TPSA) is 33.1 Å². The highest BCUT2D eigenvalue weighted by Crippen LogP contribution is 2.38. The predicted octanol–water partition coefficient (Wildman–Crippen LogP) is 3.26. The number of hydrogen-bond donors (Lipinski definition) is 1. The summed E-state index contributed by atoms with van der Waals surface area (Å²) in [6, 6.07) is 9.28. The zero-order valence-electron chi connectivity index (χ0n) is 9.28. The van der Waals surface area contributed by atoms with Crippen molar-refractivity contribution in [3.63, 3.8) is 0 Å². The van der Waals surface area contributed by atoms with Crippen molar-refractivity contribution < 1.29 is 18.3 Å². The molecule has 0 atom stereocenters. The number of benzene rings is 1. The van der Waals surface area contributed by atoms with Gasteiger partial charge in [0.2, 0.25) is 0 Å². The molecule has 0 amide bonds. The highest BCUT2D eigenvalue weighted by Gasteiger charge is 2.37. The van der Waals surface area contributed by atoms with E-state index < -0.39 is 18.3 Å². The Labute approximate surface area is 102 Å². The van der Waals surface area contributed by atoms with Crippen LogP contribution < -0.4 is 0 Å². The summed E-state index contributed by atoms with van der Waals surface area (Å²) >= 11 is 0. The smallest absolute Gasteiger partial charge is 0.392 e. The fraction of sp³-hybridized carbons (Fsp3) is 0.154. The number of aromatic nitrogens is 1. The van der Waals surface area contributed by atoms with Gasteiger partial charge in [0.15, 0.2) is 0 Å². The molecule has 0 unspecified atom stereocenters. The van der Waals surface area contributed by atoms with Gasteiger partial charge >= 0.3 is 6.18 Å². The minimum Gasteiger partial charge on any atom is -0.392 e. The van der Waals surface area contributed by atoms with Gasteiger partial charge in [-0.05, 0) is 11.6 Å². The van der Waals surface area contributed by atoms with E-state index in [1.807, 2.05) is 0 Å². The van der Waals surface area contributed by atoms with Crippen LogP contribution in [0.2, 0.25) is 0 Å². The highest BCUT2D eigenvalue weighted by molar-refractivity contribution is 5.65. The van der Waals surface area contributed by atoms with E-state index in [1.54, 1.807) is 30.3 Å². The first-order valence-electron chi connectivity index (χ1n) is 5.25. The number of pyridine rings is 1. The van der Waals surface area contributed by atoms with Crippen molar-refractivity contribution in [3.8, 4) is 11.3 Å². The number of rotatable bonds is 2. The van der Waals surface area contributed by atoms with Crippen LogP contribution in [0.3, 0.4) is 0 Å². The lowest BCUT2D eigenvalue weighted by Crippen LogP contribution is -2.12. The van der Waals surface area contributed by atoms with Gasteiger partial charge in [-0.25, -0.2) is 0 Å². The lowest BCUT2D eigenvalue weighted by Gasteiger charge is -2.15. The van der Waals surface area contributed by atoms with Gasteiger partial charge in [-0.2, -0.15) is 13.2 Å². The van der Waals surface area contributed by atoms with Crippen LogP contribution in [0.15, 0.2) is 42.6 Å². The summed E-state index contributed by atoms with van der Waals surface area (Å²) in [7, 11) is 0. The van der Waals surface area contributed by atoms with Gasteiger partial charge in [0.05, 0.1) is 17.9 Å². The van der Waals surface area contributed by atoms with Crippen molar-refractivity contribution in [1.82, 2.24) is 4.98 Å². The number of alkyl halides is 3. The van der Waals surface area contributed by atoms with E-state index >= 15 is 0 Å². The average Bonchev–Trinajstić information content (AvgIpc) is 2.38. The molecule has 94 valence electrons. The molecule has 18 heavy (non-hydrogen) atoms. The number of aliphatic hydroxyl groups excluding tert-OH is 1. The van der Waals surface area contributed by atoms with Crippen LogP contribution in [0.1, 0.15) is 11.1 Å². The molecule has 5 heteroatoms. The molecule has 0 saturated heterocycles. The molecule has 1 aromatic heterocycles. The summed E-state index contributed by atoms with van der Waals surface area (Å²) in [6.45, 7) is -0.669. The Balaban J connectivity index is 2.68. The molecule has 0 fully saturated rings. The lowest BCUT2D eigenvalue weighted by molar-refractivity contribution is -0.138. The summed E-state index contributed by atoms with van der Waals surface area (Å²) < 4.78 is 39.1. The molecule has 0 aliphatic carbocycles. The monoisotopic (exact) mass is 253 g/mol. The molecule has 1 N–H and O–H groups in total. The van der Waals surface area contributed by atoms with E-state index in [4.69, 9.17) is 5.11 Å². The second-order valence-corrected chi connectivity index (χ2v) is 3.72.